The van der Waals surface area contributed by atoms with Crippen LogP contribution in [0.25, 0.3) is 0 Å². The molecular weight excluding hydrogens is 360 g/mol. The average Bonchev–Trinajstić information content (AvgIpc) is 2.52. The minimum Gasteiger partial charge on any atom is -0.464 e. The maximum Gasteiger partial charge on any atom is 0.408 e. The van der Waals surface area contributed by atoms with Crippen LogP contribution in [0, 0.1) is 10.1 Å². The zero-order valence-electron chi connectivity index (χ0n) is 15.3. The first kappa shape index (κ1) is 21.8. The lowest BCUT2D eigenvalue weighted by Crippen LogP contribution is -2.45. The number of nitrogens with one attached hydrogen (secondary N) is 1. The minimum absolute atomic E-state index is 0.0229. The van der Waals surface area contributed by atoms with Crippen molar-refractivity contribution in [3.05, 3.63) is 39.9 Å². The van der Waals surface area contributed by atoms with Crippen LogP contribution in [0.2, 0.25) is 0 Å². The number of rotatable bonds is 8. The first-order valence-corrected chi connectivity index (χ1v) is 9.25. The van der Waals surface area contributed by atoms with Crippen molar-refractivity contribution in [1.82, 2.24) is 5.32 Å². The Morgan fingerprint density at radius 3 is 2.38 bits per heavy atom. The molecule has 1 rings (SSSR count). The average molecular weight is 384 g/mol. The van der Waals surface area contributed by atoms with Crippen molar-refractivity contribution >= 4 is 29.5 Å². The maximum atomic E-state index is 12.0. The summed E-state index contributed by atoms with van der Waals surface area (Å²) in [6, 6.07) is 5.33. The van der Waals surface area contributed by atoms with Crippen LogP contribution >= 0.6 is 11.8 Å². The molecule has 1 N–H and O–H groups in total. The van der Waals surface area contributed by atoms with Crippen LogP contribution in [-0.4, -0.2) is 41.0 Å². The van der Waals surface area contributed by atoms with E-state index in [1.54, 1.807) is 39.8 Å². The predicted molar refractivity (Wildman–Crippen MR) is 99.0 cm³/mol. The molecule has 8 nitrogen and oxygen atoms in total. The van der Waals surface area contributed by atoms with Gasteiger partial charge in [-0.05, 0) is 33.3 Å². The Morgan fingerprint density at radius 1 is 1.27 bits per heavy atom. The van der Waals surface area contributed by atoms with E-state index in [1.165, 1.54) is 23.9 Å². The first-order chi connectivity index (χ1) is 12.1. The number of hydrogen-bond donors (Lipinski definition) is 1. The number of carbonyl (C=O) groups is 2. The van der Waals surface area contributed by atoms with E-state index < -0.39 is 28.6 Å². The summed E-state index contributed by atoms with van der Waals surface area (Å²) in [5.74, 6) is 0.286. The Balaban J connectivity index is 2.61. The summed E-state index contributed by atoms with van der Waals surface area (Å²) < 4.78 is 10.1. The fraction of sp³-hybridized carbons (Fsp3) is 0.529. The van der Waals surface area contributed by atoms with Gasteiger partial charge in [0.25, 0.3) is 5.69 Å². The maximum absolute atomic E-state index is 12.0. The lowest BCUT2D eigenvalue weighted by Gasteiger charge is -2.22. The molecule has 1 atom stereocenters. The highest BCUT2D eigenvalue weighted by molar-refractivity contribution is 7.98. The van der Waals surface area contributed by atoms with Crippen LogP contribution in [0.1, 0.15) is 33.3 Å². The van der Waals surface area contributed by atoms with Crippen molar-refractivity contribution in [2.24, 2.45) is 0 Å². The fourth-order valence-corrected chi connectivity index (χ4v) is 2.87. The van der Waals surface area contributed by atoms with Gasteiger partial charge in [0.15, 0.2) is 0 Å². The van der Waals surface area contributed by atoms with Gasteiger partial charge in [-0.3, -0.25) is 10.1 Å². The Morgan fingerprint density at radius 2 is 1.88 bits per heavy atom. The Kier molecular flexibility index (Phi) is 8.37. The Bertz CT molecular complexity index is 627. The van der Waals surface area contributed by atoms with Gasteiger partial charge in [0.1, 0.15) is 11.6 Å². The highest BCUT2D eigenvalue weighted by atomic mass is 32.2. The van der Waals surface area contributed by atoms with E-state index in [4.69, 9.17) is 9.47 Å². The van der Waals surface area contributed by atoms with Crippen LogP contribution < -0.4 is 5.32 Å². The third-order valence-corrected chi connectivity index (χ3v) is 4.07. The molecule has 0 spiro atoms. The lowest BCUT2D eigenvalue weighted by atomic mass is 10.2. The third-order valence-electron chi connectivity index (χ3n) is 2.96. The molecule has 0 aliphatic carbocycles. The molecule has 0 heterocycles. The summed E-state index contributed by atoms with van der Waals surface area (Å²) in [6.45, 7) is 7.09. The van der Waals surface area contributed by atoms with E-state index in [-0.39, 0.29) is 18.0 Å². The van der Waals surface area contributed by atoms with Crippen molar-refractivity contribution in [2.45, 2.75) is 45.1 Å². The molecule has 0 aliphatic rings. The van der Waals surface area contributed by atoms with Crippen LogP contribution in [0.15, 0.2) is 24.3 Å². The summed E-state index contributed by atoms with van der Waals surface area (Å²) >= 11 is 1.40. The van der Waals surface area contributed by atoms with Gasteiger partial charge in [-0.2, -0.15) is 11.8 Å². The number of nitro benzene ring substituents is 1. The molecule has 0 saturated heterocycles. The zero-order chi connectivity index (χ0) is 19.7. The van der Waals surface area contributed by atoms with E-state index >= 15 is 0 Å². The summed E-state index contributed by atoms with van der Waals surface area (Å²) in [4.78, 5) is 34.1. The first-order valence-electron chi connectivity index (χ1n) is 8.09. The standard InChI is InChI=1S/C17H24N2O6S/c1-5-24-15(20)14(18-16(21)25-17(2,3)4)11-26-10-12-6-8-13(9-7-12)19(22)23/h6-9,14H,5,10-11H2,1-4H3,(H,18,21)/t14-/m1/s1. The van der Waals surface area contributed by atoms with Crippen molar-refractivity contribution < 1.29 is 24.0 Å². The highest BCUT2D eigenvalue weighted by Crippen LogP contribution is 2.18. The zero-order valence-corrected chi connectivity index (χ0v) is 16.1. The number of benzene rings is 1. The van der Waals surface area contributed by atoms with E-state index in [1.807, 2.05) is 0 Å². The molecular formula is C17H24N2O6S. The van der Waals surface area contributed by atoms with E-state index in [9.17, 15) is 19.7 Å². The van der Waals surface area contributed by atoms with E-state index in [0.29, 0.717) is 5.75 Å². The number of hydrogen-bond acceptors (Lipinski definition) is 7. The molecule has 0 aliphatic heterocycles. The van der Waals surface area contributed by atoms with Crippen molar-refractivity contribution in [2.75, 3.05) is 12.4 Å². The molecule has 9 heteroatoms. The molecule has 0 bridgehead atoms. The van der Waals surface area contributed by atoms with E-state index in [2.05, 4.69) is 5.32 Å². The second kappa shape index (κ2) is 10.0. The lowest BCUT2D eigenvalue weighted by molar-refractivity contribution is -0.384. The largest absolute Gasteiger partial charge is 0.464 e. The number of alkyl carbamates (subject to hydrolysis) is 1. The minimum atomic E-state index is -0.840. The van der Waals surface area contributed by atoms with Gasteiger partial charge in [-0.25, -0.2) is 9.59 Å². The molecule has 1 aromatic rings. The monoisotopic (exact) mass is 384 g/mol. The molecule has 0 unspecified atom stereocenters. The summed E-state index contributed by atoms with van der Waals surface area (Å²) in [7, 11) is 0. The second-order valence-corrected chi connectivity index (χ2v) is 7.42. The smallest absolute Gasteiger partial charge is 0.408 e. The summed E-state index contributed by atoms with van der Waals surface area (Å²) in [5.41, 5.74) is 0.227. The molecule has 1 amide bonds. The number of amides is 1. The second-order valence-electron chi connectivity index (χ2n) is 6.39. The summed E-state index contributed by atoms with van der Waals surface area (Å²) in [5, 5.41) is 13.2. The van der Waals surface area contributed by atoms with Gasteiger partial charge >= 0.3 is 12.1 Å². The highest BCUT2D eigenvalue weighted by Gasteiger charge is 2.25. The van der Waals surface area contributed by atoms with Crippen molar-refractivity contribution in [3.8, 4) is 0 Å². The quantitative estimate of drug-likeness (QED) is 0.416. The van der Waals surface area contributed by atoms with Gasteiger partial charge in [0.05, 0.1) is 11.5 Å². The van der Waals surface area contributed by atoms with Crippen LogP contribution in [0.3, 0.4) is 0 Å². The van der Waals surface area contributed by atoms with Gasteiger partial charge in [-0.15, -0.1) is 0 Å². The predicted octanol–water partition coefficient (Wildman–Crippen LogP) is 3.28. The number of ether oxygens (including phenoxy) is 2. The van der Waals surface area contributed by atoms with Crippen LogP contribution in [0.4, 0.5) is 10.5 Å². The molecule has 26 heavy (non-hydrogen) atoms. The molecule has 0 aromatic heterocycles. The number of non-ortho nitro benzene ring substituents is 1. The summed E-state index contributed by atoms with van der Waals surface area (Å²) in [6.07, 6.45) is -0.688. The Labute approximate surface area is 156 Å². The van der Waals surface area contributed by atoms with Crippen LogP contribution in [-0.2, 0) is 20.0 Å². The van der Waals surface area contributed by atoms with Gasteiger partial charge in [0.2, 0.25) is 0 Å². The molecule has 1 aromatic carbocycles. The van der Waals surface area contributed by atoms with Crippen molar-refractivity contribution in [1.29, 1.82) is 0 Å². The van der Waals surface area contributed by atoms with Gasteiger partial charge < -0.3 is 14.8 Å². The normalized spacial score (nSPS) is 12.2. The topological polar surface area (TPSA) is 108 Å². The van der Waals surface area contributed by atoms with Gasteiger partial charge in [0, 0.05) is 23.6 Å². The molecule has 0 fully saturated rings. The molecule has 144 valence electrons. The van der Waals surface area contributed by atoms with Crippen LogP contribution in [0.5, 0.6) is 0 Å². The number of carbonyl (C=O) groups excluding carboxylic acids is 2. The number of nitrogens with zero attached hydrogens (tertiary/aromatic N) is 1. The van der Waals surface area contributed by atoms with Gasteiger partial charge in [-0.1, -0.05) is 12.1 Å². The number of thioether (sulfide) groups is 1. The van der Waals surface area contributed by atoms with Crippen molar-refractivity contribution in [3.63, 3.8) is 0 Å². The SMILES string of the molecule is CCOC(=O)[C@@H](CSCc1ccc([N+](=O)[O-])cc1)NC(=O)OC(C)(C)C. The number of nitro groups is 1. The fourth-order valence-electron chi connectivity index (χ4n) is 1.87. The molecule has 0 radical (unpaired) electrons. The Hall–Kier alpha value is -2.29. The van der Waals surface area contributed by atoms with E-state index in [0.717, 1.165) is 5.56 Å². The molecule has 0 saturated carbocycles. The number of esters is 1. The third kappa shape index (κ3) is 8.19.